The lowest BCUT2D eigenvalue weighted by atomic mass is 10.3. The highest BCUT2D eigenvalue weighted by Gasteiger charge is 2.20. The van der Waals surface area contributed by atoms with Crippen molar-refractivity contribution in [3.63, 3.8) is 0 Å². The van der Waals surface area contributed by atoms with Gasteiger partial charge in [-0.25, -0.2) is 13.2 Å². The van der Waals surface area contributed by atoms with E-state index in [-0.39, 0.29) is 32.9 Å². The first-order valence-electron chi connectivity index (χ1n) is 7.96. The molecule has 7 nitrogen and oxygen atoms in total. The minimum Gasteiger partial charge on any atom is -0.492 e. The normalized spacial score (nSPS) is 11.0. The third kappa shape index (κ3) is 5.41. The van der Waals surface area contributed by atoms with Crippen LogP contribution in [0.2, 0.25) is 10.0 Å². The first kappa shape index (κ1) is 21.1. The molecule has 0 radical (unpaired) electrons. The van der Waals surface area contributed by atoms with E-state index in [1.54, 1.807) is 19.9 Å². The number of halogens is 2. The van der Waals surface area contributed by atoms with E-state index in [0.717, 1.165) is 0 Å². The van der Waals surface area contributed by atoms with Crippen LogP contribution in [0.4, 0.5) is 16.2 Å². The number of carbonyl (C=O) groups is 1. The fraction of sp³-hybridized carbons (Fsp3) is 0.235. The van der Waals surface area contributed by atoms with Crippen molar-refractivity contribution in [2.45, 2.75) is 18.7 Å². The predicted octanol–water partition coefficient (Wildman–Crippen LogP) is 4.76. The van der Waals surface area contributed by atoms with Gasteiger partial charge in [0.1, 0.15) is 5.75 Å². The van der Waals surface area contributed by atoms with E-state index in [2.05, 4.69) is 10.0 Å². The maximum absolute atomic E-state index is 12.7. The molecular weight excluding hydrogens is 415 g/mol. The Kier molecular flexibility index (Phi) is 7.18. The van der Waals surface area contributed by atoms with E-state index in [1.165, 1.54) is 30.3 Å². The van der Waals surface area contributed by atoms with Crippen molar-refractivity contribution in [1.82, 2.24) is 0 Å². The van der Waals surface area contributed by atoms with Crippen LogP contribution in [-0.2, 0) is 14.8 Å². The second kappa shape index (κ2) is 9.16. The van der Waals surface area contributed by atoms with Crippen molar-refractivity contribution >= 4 is 50.7 Å². The van der Waals surface area contributed by atoms with E-state index < -0.39 is 16.1 Å². The number of ether oxygens (including phenoxy) is 2. The molecule has 0 heterocycles. The zero-order valence-electron chi connectivity index (χ0n) is 14.6. The number of hydrogen-bond acceptors (Lipinski definition) is 5. The summed E-state index contributed by atoms with van der Waals surface area (Å²) < 4.78 is 38.0. The molecule has 0 aliphatic rings. The Labute approximate surface area is 167 Å². The van der Waals surface area contributed by atoms with Gasteiger partial charge in [-0.15, -0.1) is 0 Å². The molecule has 0 aliphatic heterocycles. The molecule has 0 aliphatic carbocycles. The molecule has 0 aromatic heterocycles. The summed E-state index contributed by atoms with van der Waals surface area (Å²) in [4.78, 5) is 11.6. The Balaban J connectivity index is 2.40. The van der Waals surface area contributed by atoms with Crippen LogP contribution in [0, 0.1) is 0 Å². The van der Waals surface area contributed by atoms with Crippen molar-refractivity contribution in [1.29, 1.82) is 0 Å². The van der Waals surface area contributed by atoms with Crippen LogP contribution in [0.5, 0.6) is 5.75 Å². The number of para-hydroxylation sites is 1. The van der Waals surface area contributed by atoms with Crippen LogP contribution in [0.15, 0.2) is 41.3 Å². The lowest BCUT2D eigenvalue weighted by Gasteiger charge is -2.15. The second-order valence-corrected chi connectivity index (χ2v) is 7.64. The first-order valence-corrected chi connectivity index (χ1v) is 10.2. The van der Waals surface area contributed by atoms with E-state index in [1.807, 2.05) is 0 Å². The average molecular weight is 433 g/mol. The fourth-order valence-electron chi connectivity index (χ4n) is 2.12. The number of anilines is 2. The molecule has 0 saturated carbocycles. The summed E-state index contributed by atoms with van der Waals surface area (Å²) in [7, 11) is -4.03. The zero-order valence-corrected chi connectivity index (χ0v) is 16.9. The molecule has 2 rings (SSSR count). The van der Waals surface area contributed by atoms with Crippen molar-refractivity contribution in [2.24, 2.45) is 0 Å². The topological polar surface area (TPSA) is 93.7 Å². The van der Waals surface area contributed by atoms with Gasteiger partial charge in [-0.1, -0.05) is 29.3 Å². The maximum atomic E-state index is 12.7. The second-order valence-electron chi connectivity index (χ2n) is 5.14. The van der Waals surface area contributed by atoms with Crippen LogP contribution < -0.4 is 14.8 Å². The molecule has 2 aromatic carbocycles. The van der Waals surface area contributed by atoms with E-state index >= 15 is 0 Å². The first-order chi connectivity index (χ1) is 12.8. The van der Waals surface area contributed by atoms with Gasteiger partial charge in [-0.05, 0) is 44.2 Å². The third-order valence-electron chi connectivity index (χ3n) is 3.27. The summed E-state index contributed by atoms with van der Waals surface area (Å²) in [5, 5.41) is 2.77. The van der Waals surface area contributed by atoms with Crippen molar-refractivity contribution < 1.29 is 22.7 Å². The Morgan fingerprint density at radius 3 is 2.33 bits per heavy atom. The summed E-state index contributed by atoms with van der Waals surface area (Å²) in [6.45, 7) is 3.92. The van der Waals surface area contributed by atoms with E-state index in [4.69, 9.17) is 32.7 Å². The molecule has 10 heteroatoms. The highest BCUT2D eigenvalue weighted by atomic mass is 35.5. The summed E-state index contributed by atoms with van der Waals surface area (Å²) in [5.74, 6) is 0.306. The molecule has 0 atom stereocenters. The summed E-state index contributed by atoms with van der Waals surface area (Å²) in [5.41, 5.74) is 0.220. The van der Waals surface area contributed by atoms with Crippen molar-refractivity contribution in [2.75, 3.05) is 23.3 Å². The summed E-state index contributed by atoms with van der Waals surface area (Å²) in [6, 6.07) is 8.66. The smallest absolute Gasteiger partial charge is 0.411 e. The fourth-order valence-corrected chi connectivity index (χ4v) is 3.85. The quantitative estimate of drug-likeness (QED) is 0.657. The number of benzene rings is 2. The molecule has 146 valence electrons. The number of sulfonamides is 1. The van der Waals surface area contributed by atoms with Crippen LogP contribution in [0.3, 0.4) is 0 Å². The number of amides is 1. The lowest BCUT2D eigenvalue weighted by molar-refractivity contribution is 0.167. The van der Waals surface area contributed by atoms with Crippen LogP contribution in [0.25, 0.3) is 0 Å². The molecular formula is C17H18Cl2N2O5S. The standard InChI is InChI=1S/C17H18Cl2N2O5S/c1-3-25-15-9-8-11(10-14(15)20-17(22)26-4-2)27(23,24)21-16-12(18)6-5-7-13(16)19/h5-10,21H,3-4H2,1-2H3,(H,20,22). The van der Waals surface area contributed by atoms with Crippen LogP contribution in [0.1, 0.15) is 13.8 Å². The van der Waals surface area contributed by atoms with Crippen molar-refractivity contribution in [3.05, 3.63) is 46.4 Å². The Bertz CT molecular complexity index is 915. The molecule has 1 amide bonds. The molecule has 2 aromatic rings. The SMILES string of the molecule is CCOC(=O)Nc1cc(S(=O)(=O)Nc2c(Cl)cccc2Cl)ccc1OCC. The average Bonchev–Trinajstić information content (AvgIpc) is 2.60. The van der Waals surface area contributed by atoms with Gasteiger partial charge in [-0.2, -0.15) is 0 Å². The van der Waals surface area contributed by atoms with Gasteiger partial charge < -0.3 is 9.47 Å². The third-order valence-corrected chi connectivity index (χ3v) is 5.25. The number of carbonyl (C=O) groups excluding carboxylic acids is 1. The number of rotatable bonds is 7. The monoisotopic (exact) mass is 432 g/mol. The lowest BCUT2D eigenvalue weighted by Crippen LogP contribution is -2.17. The molecule has 0 fully saturated rings. The van der Waals surface area contributed by atoms with Crippen LogP contribution in [-0.4, -0.2) is 27.7 Å². The molecule has 0 bridgehead atoms. The van der Waals surface area contributed by atoms with Gasteiger partial charge >= 0.3 is 6.09 Å². The van der Waals surface area contributed by atoms with Gasteiger partial charge in [0, 0.05) is 0 Å². The minimum atomic E-state index is -4.03. The van der Waals surface area contributed by atoms with Gasteiger partial charge in [0.05, 0.1) is 39.5 Å². The molecule has 27 heavy (non-hydrogen) atoms. The van der Waals surface area contributed by atoms with Gasteiger partial charge in [-0.3, -0.25) is 10.0 Å². The van der Waals surface area contributed by atoms with E-state index in [9.17, 15) is 13.2 Å². The number of hydrogen-bond donors (Lipinski definition) is 2. The number of nitrogens with one attached hydrogen (secondary N) is 2. The summed E-state index contributed by atoms with van der Waals surface area (Å²) >= 11 is 12.0. The summed E-state index contributed by atoms with van der Waals surface area (Å²) in [6.07, 6.45) is -0.727. The molecule has 0 unspecified atom stereocenters. The van der Waals surface area contributed by atoms with Crippen LogP contribution >= 0.6 is 23.2 Å². The Morgan fingerprint density at radius 1 is 1.07 bits per heavy atom. The molecule has 0 spiro atoms. The maximum Gasteiger partial charge on any atom is 0.411 e. The largest absolute Gasteiger partial charge is 0.492 e. The predicted molar refractivity (Wildman–Crippen MR) is 106 cm³/mol. The van der Waals surface area contributed by atoms with Crippen molar-refractivity contribution in [3.8, 4) is 5.75 Å². The Hall–Kier alpha value is -2.16. The highest BCUT2D eigenvalue weighted by Crippen LogP contribution is 2.33. The van der Waals surface area contributed by atoms with E-state index in [0.29, 0.717) is 12.4 Å². The molecule has 0 saturated heterocycles. The van der Waals surface area contributed by atoms with Gasteiger partial charge in [0.25, 0.3) is 10.0 Å². The van der Waals surface area contributed by atoms with Gasteiger partial charge in [0.2, 0.25) is 0 Å². The Morgan fingerprint density at radius 2 is 1.74 bits per heavy atom. The molecule has 2 N–H and O–H groups in total. The zero-order chi connectivity index (χ0) is 20.0. The minimum absolute atomic E-state index is 0.0645. The highest BCUT2D eigenvalue weighted by molar-refractivity contribution is 7.92. The van der Waals surface area contributed by atoms with Gasteiger partial charge in [0.15, 0.2) is 0 Å².